The van der Waals surface area contributed by atoms with Gasteiger partial charge in [-0.1, -0.05) is 26.0 Å². The number of aryl methyl sites for hydroxylation is 1. The Morgan fingerprint density at radius 1 is 1.07 bits per heavy atom. The van der Waals surface area contributed by atoms with E-state index in [1.807, 2.05) is 30.3 Å². The lowest BCUT2D eigenvalue weighted by atomic mass is 9.83. The zero-order valence-corrected chi connectivity index (χ0v) is 26.3. The summed E-state index contributed by atoms with van der Waals surface area (Å²) in [5, 5.41) is 7.39. The number of imide groups is 1. The number of aromatic nitrogens is 1. The van der Waals surface area contributed by atoms with Crippen LogP contribution in [0.1, 0.15) is 56.7 Å². The molecule has 0 saturated heterocycles. The maximum Gasteiger partial charge on any atom is 0.259 e. The molecule has 2 N–H and O–H groups in total. The molecule has 2 aliphatic heterocycles. The molecule has 0 fully saturated rings. The van der Waals surface area contributed by atoms with Crippen molar-refractivity contribution in [3.05, 3.63) is 94.8 Å². The number of ether oxygens (including phenoxy) is 2. The molecular formula is C36H38N4O5. The Morgan fingerprint density at radius 3 is 2.53 bits per heavy atom. The molecule has 9 heteroatoms. The molecule has 0 unspecified atom stereocenters. The van der Waals surface area contributed by atoms with Gasteiger partial charge in [0.15, 0.2) is 0 Å². The van der Waals surface area contributed by atoms with Gasteiger partial charge < -0.3 is 24.7 Å². The van der Waals surface area contributed by atoms with Gasteiger partial charge in [0.05, 0.1) is 24.7 Å². The summed E-state index contributed by atoms with van der Waals surface area (Å²) in [5.74, 6) is 0.723. The fourth-order valence-corrected chi connectivity index (χ4v) is 6.29. The number of anilines is 2. The number of nitrogens with zero attached hydrogens (tertiary/aromatic N) is 2. The van der Waals surface area contributed by atoms with Crippen molar-refractivity contribution in [1.29, 1.82) is 0 Å². The standard InChI is InChI=1S/C36H38N4O5/c1-21(2)15-16-39-18-28-33(35-30(19-40(23(4)42)36(35)43)38-29-7-6-8-31(39)34(28)29)24-9-14-32(44-5)25(17-24)20-45-27-12-10-26(11-13-27)37-22(3)41/h6-14,17-18,21,33,38H,15-16,19-20H2,1-5H3,(H,37,41)/t33-/m0/s1. The third-order valence-corrected chi connectivity index (χ3v) is 8.47. The summed E-state index contributed by atoms with van der Waals surface area (Å²) in [6.45, 7) is 8.61. The zero-order chi connectivity index (χ0) is 31.8. The quantitative estimate of drug-likeness (QED) is 0.228. The monoisotopic (exact) mass is 606 g/mol. The van der Waals surface area contributed by atoms with E-state index in [2.05, 4.69) is 41.3 Å². The number of methoxy groups -OCH3 is 1. The van der Waals surface area contributed by atoms with Crippen LogP contribution in [0.2, 0.25) is 0 Å². The van der Waals surface area contributed by atoms with Gasteiger partial charge in [-0.05, 0) is 72.0 Å². The molecule has 0 radical (unpaired) electrons. The second-order valence-electron chi connectivity index (χ2n) is 12.1. The Morgan fingerprint density at radius 2 is 1.84 bits per heavy atom. The summed E-state index contributed by atoms with van der Waals surface area (Å²) >= 11 is 0. The predicted molar refractivity (Wildman–Crippen MR) is 174 cm³/mol. The van der Waals surface area contributed by atoms with Gasteiger partial charge in [-0.15, -0.1) is 0 Å². The van der Waals surface area contributed by atoms with E-state index in [0.717, 1.165) is 51.9 Å². The molecule has 0 aliphatic carbocycles. The first-order chi connectivity index (χ1) is 21.6. The molecule has 3 amide bonds. The highest BCUT2D eigenvalue weighted by Gasteiger charge is 2.41. The molecule has 0 spiro atoms. The van der Waals surface area contributed by atoms with Crippen LogP contribution in [0.15, 0.2) is 78.1 Å². The van der Waals surface area contributed by atoms with E-state index in [4.69, 9.17) is 9.47 Å². The fraction of sp³-hybridized carbons (Fsp3) is 0.306. The van der Waals surface area contributed by atoms with Gasteiger partial charge in [-0.2, -0.15) is 0 Å². The number of amides is 3. The minimum atomic E-state index is -0.419. The minimum Gasteiger partial charge on any atom is -0.496 e. The van der Waals surface area contributed by atoms with E-state index in [1.165, 1.54) is 18.7 Å². The van der Waals surface area contributed by atoms with Crippen LogP contribution < -0.4 is 20.1 Å². The van der Waals surface area contributed by atoms with Gasteiger partial charge in [-0.25, -0.2) is 0 Å². The van der Waals surface area contributed by atoms with Crippen LogP contribution >= 0.6 is 0 Å². The number of rotatable bonds is 9. The lowest BCUT2D eigenvalue weighted by Gasteiger charge is -2.21. The van der Waals surface area contributed by atoms with E-state index in [0.29, 0.717) is 28.7 Å². The number of hydrogen-bond acceptors (Lipinski definition) is 6. The molecule has 3 heterocycles. The second-order valence-corrected chi connectivity index (χ2v) is 12.1. The molecule has 1 atom stereocenters. The predicted octanol–water partition coefficient (Wildman–Crippen LogP) is 6.43. The van der Waals surface area contributed by atoms with Crippen LogP contribution in [0.5, 0.6) is 11.5 Å². The number of benzene rings is 3. The highest BCUT2D eigenvalue weighted by atomic mass is 16.5. The first-order valence-electron chi connectivity index (χ1n) is 15.3. The highest BCUT2D eigenvalue weighted by molar-refractivity contribution is 6.11. The lowest BCUT2D eigenvalue weighted by molar-refractivity contribution is -0.139. The first kappa shape index (κ1) is 30.0. The van der Waals surface area contributed by atoms with E-state index in [-0.39, 0.29) is 30.9 Å². The summed E-state index contributed by atoms with van der Waals surface area (Å²) in [6.07, 6.45) is 3.20. The Hall–Kier alpha value is -5.05. The van der Waals surface area contributed by atoms with Gasteiger partial charge in [0, 0.05) is 60.5 Å². The zero-order valence-electron chi connectivity index (χ0n) is 26.3. The average Bonchev–Trinajstić information content (AvgIpc) is 3.49. The maximum absolute atomic E-state index is 13.9. The number of carbonyl (C=O) groups excluding carboxylic acids is 3. The van der Waals surface area contributed by atoms with Crippen LogP contribution in [-0.2, 0) is 27.5 Å². The molecule has 6 rings (SSSR count). The van der Waals surface area contributed by atoms with Crippen LogP contribution in [0.3, 0.4) is 0 Å². The second kappa shape index (κ2) is 12.1. The van der Waals surface area contributed by atoms with Crippen molar-refractivity contribution in [1.82, 2.24) is 9.47 Å². The van der Waals surface area contributed by atoms with Crippen molar-refractivity contribution < 1.29 is 23.9 Å². The summed E-state index contributed by atoms with van der Waals surface area (Å²) < 4.78 is 14.2. The minimum absolute atomic E-state index is 0.139. The summed E-state index contributed by atoms with van der Waals surface area (Å²) in [4.78, 5) is 39.2. The Kier molecular flexibility index (Phi) is 8.10. The van der Waals surface area contributed by atoms with Gasteiger partial charge in [-0.3, -0.25) is 19.3 Å². The highest BCUT2D eigenvalue weighted by Crippen LogP contribution is 2.47. The SMILES string of the molecule is COc1ccc([C@@H]2C3=C(CN(C(C)=O)C3=O)Nc3cccc4c3c2cn4CCC(C)C)cc1COc1ccc(NC(C)=O)cc1. The summed E-state index contributed by atoms with van der Waals surface area (Å²) in [7, 11) is 1.62. The molecule has 4 aromatic rings. The Bertz CT molecular complexity index is 1840. The van der Waals surface area contributed by atoms with Gasteiger partial charge in [0.2, 0.25) is 11.8 Å². The topological polar surface area (TPSA) is 102 Å². The third-order valence-electron chi connectivity index (χ3n) is 8.47. The summed E-state index contributed by atoms with van der Waals surface area (Å²) in [5.41, 5.74) is 6.79. The molecule has 0 bridgehead atoms. The molecule has 232 valence electrons. The largest absolute Gasteiger partial charge is 0.496 e. The smallest absolute Gasteiger partial charge is 0.259 e. The van der Waals surface area contributed by atoms with Gasteiger partial charge in [0.1, 0.15) is 18.1 Å². The average molecular weight is 607 g/mol. The molecule has 1 aromatic heterocycles. The van der Waals surface area contributed by atoms with Crippen LogP contribution in [-0.4, -0.2) is 40.8 Å². The normalized spacial score (nSPS) is 15.6. The van der Waals surface area contributed by atoms with Crippen molar-refractivity contribution in [3.63, 3.8) is 0 Å². The molecule has 3 aromatic carbocycles. The van der Waals surface area contributed by atoms with Crippen LogP contribution in [0, 0.1) is 5.92 Å². The molecule has 0 saturated carbocycles. The van der Waals surface area contributed by atoms with Gasteiger partial charge >= 0.3 is 0 Å². The van der Waals surface area contributed by atoms with Crippen molar-refractivity contribution in [3.8, 4) is 11.5 Å². The number of nitrogens with one attached hydrogen (secondary N) is 2. The van der Waals surface area contributed by atoms with Crippen molar-refractivity contribution in [2.24, 2.45) is 5.92 Å². The van der Waals surface area contributed by atoms with Crippen molar-refractivity contribution in [2.45, 2.75) is 53.2 Å². The van der Waals surface area contributed by atoms with Gasteiger partial charge in [0.25, 0.3) is 5.91 Å². The Balaban J connectivity index is 1.44. The van der Waals surface area contributed by atoms with Crippen LogP contribution in [0.25, 0.3) is 10.9 Å². The van der Waals surface area contributed by atoms with Crippen molar-refractivity contribution in [2.75, 3.05) is 24.3 Å². The maximum atomic E-state index is 13.9. The Labute approximate surface area is 262 Å². The third kappa shape index (κ3) is 5.78. The van der Waals surface area contributed by atoms with Crippen molar-refractivity contribution >= 4 is 40.0 Å². The van der Waals surface area contributed by atoms with E-state index < -0.39 is 5.92 Å². The molecule has 2 aliphatic rings. The van der Waals surface area contributed by atoms with Crippen LogP contribution in [0.4, 0.5) is 11.4 Å². The number of carbonyl (C=O) groups is 3. The molecule has 9 nitrogen and oxygen atoms in total. The van der Waals surface area contributed by atoms with E-state index in [1.54, 1.807) is 31.4 Å². The lowest BCUT2D eigenvalue weighted by Crippen LogP contribution is -2.33. The molecule has 45 heavy (non-hydrogen) atoms. The number of hydrogen-bond donors (Lipinski definition) is 2. The van der Waals surface area contributed by atoms with E-state index >= 15 is 0 Å². The molecular weight excluding hydrogens is 568 g/mol. The first-order valence-corrected chi connectivity index (χ1v) is 15.3. The fourth-order valence-electron chi connectivity index (χ4n) is 6.29. The van der Waals surface area contributed by atoms with E-state index in [9.17, 15) is 14.4 Å². The summed E-state index contributed by atoms with van der Waals surface area (Å²) in [6, 6.07) is 19.3.